The molecule has 1 aromatic carbocycles. The monoisotopic (exact) mass is 337 g/mol. The number of carbonyl (C=O) groups is 1. The van der Waals surface area contributed by atoms with Crippen molar-refractivity contribution in [1.29, 1.82) is 0 Å². The molecule has 1 N–H and O–H groups in total. The van der Waals surface area contributed by atoms with E-state index in [-0.39, 0.29) is 4.83 Å². The van der Waals surface area contributed by atoms with Gasteiger partial charge in [-0.3, -0.25) is 4.79 Å². The summed E-state index contributed by atoms with van der Waals surface area (Å²) >= 11 is 3.36. The number of benzene rings is 1. The zero-order valence-corrected chi connectivity index (χ0v) is 11.4. The molecule has 1 heterocycles. The van der Waals surface area contributed by atoms with Gasteiger partial charge in [0, 0.05) is 17.9 Å². The molecule has 0 radical (unpaired) electrons. The van der Waals surface area contributed by atoms with Crippen molar-refractivity contribution < 1.29 is 23.1 Å². The molecule has 1 saturated heterocycles. The third-order valence-corrected chi connectivity index (χ3v) is 3.76. The molecule has 19 heavy (non-hydrogen) atoms. The first kappa shape index (κ1) is 14.2. The van der Waals surface area contributed by atoms with Gasteiger partial charge in [-0.05, 0) is 18.9 Å². The summed E-state index contributed by atoms with van der Waals surface area (Å²) in [5, 5.41) is 9.10. The number of carbonyl (C=O) groups excluding carboxylic acids is 1. The summed E-state index contributed by atoms with van der Waals surface area (Å²) < 4.78 is 39.7. The Kier molecular flexibility index (Phi) is 4.03. The van der Waals surface area contributed by atoms with E-state index in [1.807, 2.05) is 0 Å². The van der Waals surface area contributed by atoms with Gasteiger partial charge in [-0.15, -0.1) is 0 Å². The third kappa shape index (κ3) is 2.70. The first-order valence-electron chi connectivity index (χ1n) is 5.71. The highest BCUT2D eigenvalue weighted by Gasteiger charge is 2.28. The normalized spacial score (nSPS) is 19.6. The molecule has 0 aromatic heterocycles. The van der Waals surface area contributed by atoms with Crippen molar-refractivity contribution in [2.45, 2.75) is 17.7 Å². The number of aromatic hydroxyl groups is 1. The predicted molar refractivity (Wildman–Crippen MR) is 65.8 cm³/mol. The largest absolute Gasteiger partial charge is 0.503 e. The molecule has 0 saturated carbocycles. The molecule has 0 bridgehead atoms. The Hall–Kier alpha value is -1.24. The van der Waals surface area contributed by atoms with Crippen molar-refractivity contribution in [3.05, 3.63) is 29.1 Å². The molecule has 0 aliphatic carbocycles. The van der Waals surface area contributed by atoms with Crippen LogP contribution in [-0.2, 0) is 0 Å². The molecule has 0 spiro atoms. The molecule has 1 aliphatic rings. The highest BCUT2D eigenvalue weighted by molar-refractivity contribution is 9.09. The molecule has 1 amide bonds. The highest BCUT2D eigenvalue weighted by Crippen LogP contribution is 2.27. The number of amides is 1. The molecule has 2 rings (SSSR count). The van der Waals surface area contributed by atoms with Crippen molar-refractivity contribution in [2.75, 3.05) is 13.1 Å². The lowest BCUT2D eigenvalue weighted by atomic mass is 10.1. The molecule has 1 fully saturated rings. The fourth-order valence-electron chi connectivity index (χ4n) is 2.03. The average molecular weight is 338 g/mol. The molecule has 1 unspecified atom stereocenters. The predicted octanol–water partition coefficient (Wildman–Crippen LogP) is 2.81. The van der Waals surface area contributed by atoms with Gasteiger partial charge in [0.15, 0.2) is 17.4 Å². The van der Waals surface area contributed by atoms with Gasteiger partial charge in [-0.25, -0.2) is 8.78 Å². The Labute approximate surface area is 116 Å². The zero-order chi connectivity index (χ0) is 14.2. The Morgan fingerprint density at radius 1 is 1.37 bits per heavy atom. The highest BCUT2D eigenvalue weighted by atomic mass is 79.9. The standard InChI is InChI=1S/C12H11BrF3NO2/c13-6-2-1-3-17(5-6)12(19)7-4-8(14)10(16)11(18)9(7)15/h4,6,18H,1-3,5H2. The van der Waals surface area contributed by atoms with Crippen molar-refractivity contribution in [1.82, 2.24) is 4.90 Å². The van der Waals surface area contributed by atoms with Crippen molar-refractivity contribution in [3.8, 4) is 5.75 Å². The van der Waals surface area contributed by atoms with Crippen LogP contribution < -0.4 is 0 Å². The SMILES string of the molecule is O=C(c1cc(F)c(F)c(O)c1F)N1CCCC(Br)C1. The van der Waals surface area contributed by atoms with Crippen LogP contribution in [0, 0.1) is 17.5 Å². The minimum Gasteiger partial charge on any atom is -0.503 e. The van der Waals surface area contributed by atoms with Crippen LogP contribution in [0.4, 0.5) is 13.2 Å². The smallest absolute Gasteiger partial charge is 0.257 e. The lowest BCUT2D eigenvalue weighted by Crippen LogP contribution is -2.40. The molecular formula is C12H11BrF3NO2. The first-order valence-corrected chi connectivity index (χ1v) is 6.63. The third-order valence-electron chi connectivity index (χ3n) is 3.01. The Balaban J connectivity index is 2.34. The molecule has 104 valence electrons. The van der Waals surface area contributed by atoms with Crippen molar-refractivity contribution in [2.24, 2.45) is 0 Å². The van der Waals surface area contributed by atoms with E-state index >= 15 is 0 Å². The van der Waals surface area contributed by atoms with Gasteiger partial charge in [0.25, 0.3) is 5.91 Å². The number of hydrogen-bond acceptors (Lipinski definition) is 2. The molecule has 1 aromatic rings. The second-order valence-electron chi connectivity index (χ2n) is 4.37. The van der Waals surface area contributed by atoms with Crippen LogP contribution in [0.1, 0.15) is 23.2 Å². The van der Waals surface area contributed by atoms with Crippen LogP contribution in [0.25, 0.3) is 0 Å². The van der Waals surface area contributed by atoms with Crippen LogP contribution in [0.2, 0.25) is 0 Å². The average Bonchev–Trinajstić information content (AvgIpc) is 2.40. The maximum atomic E-state index is 13.6. The van der Waals surface area contributed by atoms with E-state index in [9.17, 15) is 18.0 Å². The summed E-state index contributed by atoms with van der Waals surface area (Å²) in [4.78, 5) is 13.5. The quantitative estimate of drug-likeness (QED) is 0.632. The van der Waals surface area contributed by atoms with Crippen molar-refractivity contribution in [3.63, 3.8) is 0 Å². The number of alkyl halides is 1. The summed E-state index contributed by atoms with van der Waals surface area (Å²) in [6.45, 7) is 0.776. The van der Waals surface area contributed by atoms with Gasteiger partial charge in [-0.1, -0.05) is 15.9 Å². The maximum absolute atomic E-state index is 13.6. The number of nitrogens with zero attached hydrogens (tertiary/aromatic N) is 1. The van der Waals surface area contributed by atoms with Gasteiger partial charge in [0.2, 0.25) is 5.82 Å². The summed E-state index contributed by atoms with van der Waals surface area (Å²) in [6.07, 6.45) is 1.62. The van der Waals surface area contributed by atoms with E-state index < -0.39 is 34.7 Å². The van der Waals surface area contributed by atoms with Crippen LogP contribution in [-0.4, -0.2) is 33.8 Å². The van der Waals surface area contributed by atoms with E-state index in [0.29, 0.717) is 19.2 Å². The van der Waals surface area contributed by atoms with Gasteiger partial charge in [0.1, 0.15) is 0 Å². The fourth-order valence-corrected chi connectivity index (χ4v) is 2.70. The van der Waals surface area contributed by atoms with E-state index in [2.05, 4.69) is 15.9 Å². The number of phenols is 1. The van der Waals surface area contributed by atoms with Gasteiger partial charge < -0.3 is 10.0 Å². The van der Waals surface area contributed by atoms with Gasteiger partial charge in [0.05, 0.1) is 5.56 Å². The lowest BCUT2D eigenvalue weighted by molar-refractivity contribution is 0.0723. The number of hydrogen-bond donors (Lipinski definition) is 1. The fraction of sp³-hybridized carbons (Fsp3) is 0.417. The topological polar surface area (TPSA) is 40.5 Å². The maximum Gasteiger partial charge on any atom is 0.257 e. The summed E-state index contributed by atoms with van der Waals surface area (Å²) in [7, 11) is 0. The molecule has 1 aliphatic heterocycles. The molecule has 7 heteroatoms. The molecular weight excluding hydrogens is 327 g/mol. The van der Waals surface area contributed by atoms with E-state index in [0.717, 1.165) is 12.8 Å². The van der Waals surface area contributed by atoms with Gasteiger partial charge in [-0.2, -0.15) is 4.39 Å². The second kappa shape index (κ2) is 5.40. The van der Waals surface area contributed by atoms with Crippen molar-refractivity contribution >= 4 is 21.8 Å². The van der Waals surface area contributed by atoms with Crippen LogP contribution in [0.3, 0.4) is 0 Å². The number of likely N-dealkylation sites (tertiary alicyclic amines) is 1. The number of halogens is 4. The van der Waals surface area contributed by atoms with Crippen LogP contribution in [0.15, 0.2) is 6.07 Å². The minimum absolute atomic E-state index is 0.0900. The van der Waals surface area contributed by atoms with E-state index in [1.54, 1.807) is 0 Å². The van der Waals surface area contributed by atoms with Crippen LogP contribution in [0.5, 0.6) is 5.75 Å². The zero-order valence-electron chi connectivity index (χ0n) is 9.80. The second-order valence-corrected chi connectivity index (χ2v) is 5.67. The summed E-state index contributed by atoms with van der Waals surface area (Å²) in [5.41, 5.74) is -0.655. The number of phenolic OH excluding ortho intramolecular Hbond substituents is 1. The summed E-state index contributed by atoms with van der Waals surface area (Å²) in [5.74, 6) is -6.78. The molecule has 1 atom stereocenters. The Morgan fingerprint density at radius 3 is 2.68 bits per heavy atom. The van der Waals surface area contributed by atoms with E-state index in [1.165, 1.54) is 4.90 Å². The Bertz CT molecular complexity index is 524. The Morgan fingerprint density at radius 2 is 2.05 bits per heavy atom. The van der Waals surface area contributed by atoms with Gasteiger partial charge >= 0.3 is 0 Å². The number of piperidine rings is 1. The van der Waals surface area contributed by atoms with Crippen LogP contribution >= 0.6 is 15.9 Å². The first-order chi connectivity index (χ1) is 8.91. The number of rotatable bonds is 1. The van der Waals surface area contributed by atoms with E-state index in [4.69, 9.17) is 5.11 Å². The minimum atomic E-state index is -1.69. The lowest BCUT2D eigenvalue weighted by Gasteiger charge is -2.30. The summed E-state index contributed by atoms with van der Waals surface area (Å²) in [6, 6.07) is 0.477. The molecule has 3 nitrogen and oxygen atoms in total.